The number of rotatable bonds is 5. The number of pyridine rings is 1. The van der Waals surface area contributed by atoms with Crippen molar-refractivity contribution in [3.05, 3.63) is 71.8 Å². The highest BCUT2D eigenvalue weighted by Crippen LogP contribution is 2.52. The molecule has 2 heterocycles. The molecule has 1 saturated carbocycles. The first kappa shape index (κ1) is 19.9. The van der Waals surface area contributed by atoms with Gasteiger partial charge in [-0.05, 0) is 54.8 Å². The van der Waals surface area contributed by atoms with E-state index in [1.165, 1.54) is 24.3 Å². The number of aromatic nitrogens is 1. The Kier molecular flexibility index (Phi) is 4.37. The fourth-order valence-electron chi connectivity index (χ4n) is 3.73. The number of anilines is 1. The van der Waals surface area contributed by atoms with Crippen molar-refractivity contribution < 1.29 is 33.0 Å². The molecule has 2 N–H and O–H groups in total. The van der Waals surface area contributed by atoms with E-state index in [-0.39, 0.29) is 23.0 Å². The third kappa shape index (κ3) is 3.51. The van der Waals surface area contributed by atoms with Gasteiger partial charge in [0.25, 0.3) is 0 Å². The van der Waals surface area contributed by atoms with E-state index in [1.54, 1.807) is 36.4 Å². The van der Waals surface area contributed by atoms with Crippen LogP contribution in [0.25, 0.3) is 11.3 Å². The fraction of sp³-hybridized carbons (Fsp3) is 0.174. The predicted molar refractivity (Wildman–Crippen MR) is 109 cm³/mol. The van der Waals surface area contributed by atoms with Crippen LogP contribution in [0.4, 0.5) is 14.6 Å². The Labute approximate surface area is 180 Å². The highest BCUT2D eigenvalue weighted by molar-refractivity contribution is 6.01. The average Bonchev–Trinajstić information content (AvgIpc) is 3.51. The van der Waals surface area contributed by atoms with Gasteiger partial charge in [-0.25, -0.2) is 9.78 Å². The van der Waals surface area contributed by atoms with Crippen molar-refractivity contribution in [1.82, 2.24) is 4.98 Å². The van der Waals surface area contributed by atoms with Crippen molar-refractivity contribution in [2.45, 2.75) is 24.6 Å². The van der Waals surface area contributed by atoms with Crippen LogP contribution in [0.5, 0.6) is 11.5 Å². The molecule has 32 heavy (non-hydrogen) atoms. The molecule has 1 aromatic heterocycles. The topological polar surface area (TPSA) is 97.8 Å². The van der Waals surface area contributed by atoms with Gasteiger partial charge < -0.3 is 19.9 Å². The molecule has 7 nitrogen and oxygen atoms in total. The minimum atomic E-state index is -3.72. The van der Waals surface area contributed by atoms with Gasteiger partial charge in [-0.1, -0.05) is 24.3 Å². The summed E-state index contributed by atoms with van der Waals surface area (Å²) in [5.74, 6) is -1.25. The molecule has 1 amide bonds. The Morgan fingerprint density at radius 3 is 2.47 bits per heavy atom. The quantitative estimate of drug-likeness (QED) is 0.611. The first-order valence-corrected chi connectivity index (χ1v) is 9.78. The van der Waals surface area contributed by atoms with E-state index in [0.29, 0.717) is 35.5 Å². The second-order valence-electron chi connectivity index (χ2n) is 7.66. The lowest BCUT2D eigenvalue weighted by Crippen LogP contribution is -2.28. The van der Waals surface area contributed by atoms with Gasteiger partial charge in [-0.2, -0.15) is 0 Å². The Bertz CT molecular complexity index is 1260. The van der Waals surface area contributed by atoms with Gasteiger partial charge in [-0.15, -0.1) is 8.78 Å². The van der Waals surface area contributed by atoms with Gasteiger partial charge in [-0.3, -0.25) is 4.79 Å². The third-order valence-electron chi connectivity index (χ3n) is 5.53. The van der Waals surface area contributed by atoms with E-state index in [2.05, 4.69) is 19.8 Å². The van der Waals surface area contributed by atoms with E-state index < -0.39 is 17.7 Å². The number of halogens is 2. The number of amides is 1. The molecule has 2 aliphatic rings. The molecule has 1 fully saturated rings. The van der Waals surface area contributed by atoms with E-state index >= 15 is 0 Å². The Morgan fingerprint density at radius 2 is 1.72 bits per heavy atom. The molecule has 0 bridgehead atoms. The van der Waals surface area contributed by atoms with Gasteiger partial charge in [0.1, 0.15) is 5.82 Å². The number of hydrogen-bond acceptors (Lipinski definition) is 5. The van der Waals surface area contributed by atoms with Gasteiger partial charge in [0.15, 0.2) is 11.5 Å². The van der Waals surface area contributed by atoms with Crippen molar-refractivity contribution in [1.29, 1.82) is 0 Å². The summed E-state index contributed by atoms with van der Waals surface area (Å²) >= 11 is 0. The van der Waals surface area contributed by atoms with Crippen LogP contribution in [-0.2, 0) is 10.2 Å². The van der Waals surface area contributed by atoms with Crippen LogP contribution in [-0.4, -0.2) is 28.3 Å². The summed E-state index contributed by atoms with van der Waals surface area (Å²) < 4.78 is 35.5. The van der Waals surface area contributed by atoms with Crippen LogP contribution < -0.4 is 14.8 Å². The van der Waals surface area contributed by atoms with E-state index in [9.17, 15) is 23.5 Å². The van der Waals surface area contributed by atoms with Crippen LogP contribution in [0, 0.1) is 0 Å². The minimum absolute atomic E-state index is 0.0760. The van der Waals surface area contributed by atoms with Crippen LogP contribution in [0.3, 0.4) is 0 Å². The molecule has 1 aliphatic heterocycles. The second-order valence-corrected chi connectivity index (χ2v) is 7.66. The summed E-state index contributed by atoms with van der Waals surface area (Å²) in [5, 5.41) is 12.0. The van der Waals surface area contributed by atoms with Crippen LogP contribution in [0.15, 0.2) is 60.7 Å². The zero-order chi connectivity index (χ0) is 22.5. The van der Waals surface area contributed by atoms with Gasteiger partial charge in [0, 0.05) is 5.56 Å². The number of alkyl halides is 2. The molecule has 0 radical (unpaired) electrons. The molecule has 1 aliphatic carbocycles. The maximum Gasteiger partial charge on any atom is 0.586 e. The number of carbonyl (C=O) groups excluding carboxylic acids is 1. The third-order valence-corrected chi connectivity index (χ3v) is 5.53. The SMILES string of the molecule is O=C(O)c1cccc(-c2cccc(NC(=O)C3(c4ccc5c(c4)OC(F)(F)O5)CC3)n2)c1. The zero-order valence-corrected chi connectivity index (χ0v) is 16.5. The monoisotopic (exact) mass is 438 g/mol. The number of hydrogen-bond donors (Lipinski definition) is 2. The summed E-state index contributed by atoms with van der Waals surface area (Å²) in [7, 11) is 0. The van der Waals surface area contributed by atoms with Crippen LogP contribution in [0.2, 0.25) is 0 Å². The molecule has 0 saturated heterocycles. The highest BCUT2D eigenvalue weighted by Gasteiger charge is 2.52. The Morgan fingerprint density at radius 1 is 0.969 bits per heavy atom. The number of carbonyl (C=O) groups is 2. The standard InChI is InChI=1S/C23H16F2N2O5/c24-23(25)31-17-8-7-15(12-18(17)32-23)22(9-10-22)21(30)27-19-6-2-5-16(26-19)13-3-1-4-14(11-13)20(28)29/h1-8,11-12H,9-10H2,(H,28,29)(H,26,27,30). The maximum absolute atomic E-state index is 13.3. The van der Waals surface area contributed by atoms with Gasteiger partial charge in [0.05, 0.1) is 16.7 Å². The lowest BCUT2D eigenvalue weighted by Gasteiger charge is -2.16. The molecular formula is C23H16F2N2O5. The number of nitrogens with zero attached hydrogens (tertiary/aromatic N) is 1. The lowest BCUT2D eigenvalue weighted by atomic mass is 9.94. The predicted octanol–water partition coefficient (Wildman–Crippen LogP) is 4.44. The smallest absolute Gasteiger partial charge is 0.478 e. The number of aromatic carboxylic acids is 1. The molecule has 162 valence electrons. The molecule has 0 spiro atoms. The Balaban J connectivity index is 1.38. The number of ether oxygens (including phenoxy) is 2. The summed E-state index contributed by atoms with van der Waals surface area (Å²) in [4.78, 5) is 28.7. The normalized spacial score (nSPS) is 16.9. The summed E-state index contributed by atoms with van der Waals surface area (Å²) in [6.45, 7) is 0. The first-order valence-electron chi connectivity index (χ1n) is 9.78. The minimum Gasteiger partial charge on any atom is -0.478 e. The number of benzene rings is 2. The summed E-state index contributed by atoms with van der Waals surface area (Å²) in [6.07, 6.45) is -2.62. The Hall–Kier alpha value is -4.01. The highest BCUT2D eigenvalue weighted by atomic mass is 19.3. The molecule has 9 heteroatoms. The molecule has 0 unspecified atom stereocenters. The second kappa shape index (κ2) is 7.01. The van der Waals surface area contributed by atoms with Crippen LogP contribution >= 0.6 is 0 Å². The van der Waals surface area contributed by atoms with Gasteiger partial charge >= 0.3 is 12.3 Å². The van der Waals surface area contributed by atoms with Crippen molar-refractivity contribution >= 4 is 17.7 Å². The zero-order valence-electron chi connectivity index (χ0n) is 16.5. The summed E-state index contributed by atoms with van der Waals surface area (Å²) in [5.41, 5.74) is 0.918. The average molecular weight is 438 g/mol. The van der Waals surface area contributed by atoms with Crippen molar-refractivity contribution in [3.63, 3.8) is 0 Å². The van der Waals surface area contributed by atoms with Crippen molar-refractivity contribution in [2.24, 2.45) is 0 Å². The van der Waals surface area contributed by atoms with E-state index in [0.717, 1.165) is 0 Å². The molecule has 2 aromatic carbocycles. The molecular weight excluding hydrogens is 422 g/mol. The maximum atomic E-state index is 13.3. The first-order chi connectivity index (χ1) is 15.3. The van der Waals surface area contributed by atoms with Crippen molar-refractivity contribution in [2.75, 3.05) is 5.32 Å². The number of nitrogens with one attached hydrogen (secondary N) is 1. The number of carboxylic acids is 1. The molecule has 3 aromatic rings. The largest absolute Gasteiger partial charge is 0.586 e. The fourth-order valence-corrected chi connectivity index (χ4v) is 3.73. The lowest BCUT2D eigenvalue weighted by molar-refractivity contribution is -0.286. The van der Waals surface area contributed by atoms with Crippen molar-refractivity contribution in [3.8, 4) is 22.8 Å². The number of carboxylic acid groups (broad SMARTS) is 1. The number of fused-ring (bicyclic) bond motifs is 1. The molecule has 5 rings (SSSR count). The van der Waals surface area contributed by atoms with E-state index in [1.807, 2.05) is 0 Å². The van der Waals surface area contributed by atoms with E-state index in [4.69, 9.17) is 0 Å². The van der Waals surface area contributed by atoms with Crippen LogP contribution in [0.1, 0.15) is 28.8 Å². The summed E-state index contributed by atoms with van der Waals surface area (Å²) in [6, 6.07) is 15.7. The molecule has 0 atom stereocenters. The van der Waals surface area contributed by atoms with Gasteiger partial charge in [0.2, 0.25) is 5.91 Å².